The van der Waals surface area contributed by atoms with Crippen LogP contribution in [0.3, 0.4) is 0 Å². The first-order valence-electron chi connectivity index (χ1n) is 8.35. The minimum absolute atomic E-state index is 0.684. The van der Waals surface area contributed by atoms with E-state index >= 15 is 0 Å². The zero-order chi connectivity index (χ0) is 15.2. The van der Waals surface area contributed by atoms with Gasteiger partial charge in [-0.3, -0.25) is 4.90 Å². The maximum Gasteiger partial charge on any atom is 0.128 e. The summed E-state index contributed by atoms with van der Waals surface area (Å²) in [5.41, 5.74) is 2.46. The number of aryl methyl sites for hydroxylation is 1. The van der Waals surface area contributed by atoms with Crippen LogP contribution in [-0.4, -0.2) is 48.6 Å². The number of nitrogens with zero attached hydrogens (tertiary/aromatic N) is 3. The van der Waals surface area contributed by atoms with Crippen LogP contribution < -0.4 is 10.2 Å². The van der Waals surface area contributed by atoms with Crippen LogP contribution in [0, 0.1) is 6.92 Å². The Bertz CT molecular complexity index is 442. The Balaban J connectivity index is 2.01. The van der Waals surface area contributed by atoms with E-state index in [-0.39, 0.29) is 0 Å². The molecule has 0 bridgehead atoms. The van der Waals surface area contributed by atoms with Crippen LogP contribution in [0.2, 0.25) is 0 Å². The lowest BCUT2D eigenvalue weighted by Crippen LogP contribution is -2.37. The molecule has 0 radical (unpaired) electrons. The molecular weight excluding hydrogens is 260 g/mol. The maximum absolute atomic E-state index is 4.82. The number of rotatable bonds is 7. The molecule has 118 valence electrons. The first-order chi connectivity index (χ1) is 10.2. The van der Waals surface area contributed by atoms with Gasteiger partial charge in [-0.15, -0.1) is 0 Å². The highest BCUT2D eigenvalue weighted by molar-refractivity contribution is 5.43. The molecule has 0 spiro atoms. The molecule has 1 N–H and O–H groups in total. The first-order valence-corrected chi connectivity index (χ1v) is 8.35. The summed E-state index contributed by atoms with van der Waals surface area (Å²) in [6, 6.07) is 5.10. The fourth-order valence-corrected chi connectivity index (χ4v) is 3.19. The number of aromatic nitrogens is 1. The van der Waals surface area contributed by atoms with Crippen molar-refractivity contribution in [2.45, 2.75) is 46.7 Å². The Morgan fingerprint density at radius 3 is 2.67 bits per heavy atom. The zero-order valence-corrected chi connectivity index (χ0v) is 14.0. The van der Waals surface area contributed by atoms with Gasteiger partial charge < -0.3 is 10.2 Å². The van der Waals surface area contributed by atoms with Crippen LogP contribution in [-0.2, 0) is 6.54 Å². The molecule has 1 unspecified atom stereocenters. The highest BCUT2D eigenvalue weighted by atomic mass is 15.3. The molecule has 1 aliphatic heterocycles. The molecule has 0 saturated carbocycles. The Kier molecular flexibility index (Phi) is 6.00. The second kappa shape index (κ2) is 7.76. The predicted molar refractivity (Wildman–Crippen MR) is 89.9 cm³/mol. The number of likely N-dealkylation sites (N-methyl/N-ethyl adjacent to an activating group) is 1. The van der Waals surface area contributed by atoms with Gasteiger partial charge in [0.25, 0.3) is 0 Å². The molecule has 21 heavy (non-hydrogen) atoms. The van der Waals surface area contributed by atoms with Crippen molar-refractivity contribution in [2.75, 3.05) is 37.6 Å². The van der Waals surface area contributed by atoms with Gasteiger partial charge in [-0.05, 0) is 44.6 Å². The zero-order valence-electron chi connectivity index (χ0n) is 14.0. The van der Waals surface area contributed by atoms with Crippen molar-refractivity contribution in [1.29, 1.82) is 0 Å². The van der Waals surface area contributed by atoms with Crippen molar-refractivity contribution in [3.8, 4) is 0 Å². The molecule has 2 heterocycles. The average molecular weight is 290 g/mol. The maximum atomic E-state index is 4.82. The Labute approximate surface area is 129 Å². The number of anilines is 1. The fourth-order valence-electron chi connectivity index (χ4n) is 3.19. The van der Waals surface area contributed by atoms with Gasteiger partial charge in [-0.2, -0.15) is 0 Å². The number of nitrogens with one attached hydrogen (secondary N) is 1. The van der Waals surface area contributed by atoms with E-state index in [0.717, 1.165) is 50.8 Å². The van der Waals surface area contributed by atoms with Gasteiger partial charge >= 0.3 is 0 Å². The van der Waals surface area contributed by atoms with E-state index in [2.05, 4.69) is 54.9 Å². The molecule has 1 aromatic rings. The normalized spacial score (nSPS) is 18.7. The SMILES string of the molecule is CCNCc1ccc(N2CCC(N(CC)CC)C2)nc1C. The molecule has 4 heteroatoms. The molecule has 1 fully saturated rings. The van der Waals surface area contributed by atoms with Crippen molar-refractivity contribution in [1.82, 2.24) is 15.2 Å². The van der Waals surface area contributed by atoms with Crippen LogP contribution in [0.15, 0.2) is 12.1 Å². The quantitative estimate of drug-likeness (QED) is 0.836. The standard InChI is InChI=1S/C17H30N4/c1-5-18-12-15-8-9-17(19-14(15)4)21-11-10-16(13-21)20(6-2)7-3/h8-9,16,18H,5-7,10-13H2,1-4H3. The highest BCUT2D eigenvalue weighted by Crippen LogP contribution is 2.22. The smallest absolute Gasteiger partial charge is 0.128 e. The topological polar surface area (TPSA) is 31.4 Å². The van der Waals surface area contributed by atoms with E-state index in [1.54, 1.807) is 0 Å². The molecule has 2 rings (SSSR count). The molecule has 1 aromatic heterocycles. The Morgan fingerprint density at radius 2 is 2.05 bits per heavy atom. The Hall–Kier alpha value is -1.13. The van der Waals surface area contributed by atoms with E-state index in [1.807, 2.05) is 0 Å². The van der Waals surface area contributed by atoms with Crippen molar-refractivity contribution in [3.05, 3.63) is 23.4 Å². The minimum Gasteiger partial charge on any atom is -0.355 e. The van der Waals surface area contributed by atoms with Crippen LogP contribution in [0.1, 0.15) is 38.4 Å². The summed E-state index contributed by atoms with van der Waals surface area (Å²) in [7, 11) is 0. The fraction of sp³-hybridized carbons (Fsp3) is 0.706. The molecule has 4 nitrogen and oxygen atoms in total. The Morgan fingerprint density at radius 1 is 1.29 bits per heavy atom. The van der Waals surface area contributed by atoms with Gasteiger partial charge in [-0.25, -0.2) is 4.98 Å². The van der Waals surface area contributed by atoms with Crippen LogP contribution in [0.25, 0.3) is 0 Å². The van der Waals surface area contributed by atoms with E-state index in [9.17, 15) is 0 Å². The third-order valence-corrected chi connectivity index (χ3v) is 4.56. The van der Waals surface area contributed by atoms with E-state index in [4.69, 9.17) is 4.98 Å². The van der Waals surface area contributed by atoms with Crippen LogP contribution >= 0.6 is 0 Å². The van der Waals surface area contributed by atoms with Gasteiger partial charge in [0.1, 0.15) is 5.82 Å². The summed E-state index contributed by atoms with van der Waals surface area (Å²) in [4.78, 5) is 9.82. The lowest BCUT2D eigenvalue weighted by molar-refractivity contribution is 0.232. The summed E-state index contributed by atoms with van der Waals surface area (Å²) in [6.45, 7) is 15.2. The monoisotopic (exact) mass is 290 g/mol. The second-order valence-corrected chi connectivity index (χ2v) is 5.80. The van der Waals surface area contributed by atoms with Crippen LogP contribution in [0.4, 0.5) is 5.82 Å². The van der Waals surface area contributed by atoms with Gasteiger partial charge in [0.15, 0.2) is 0 Å². The lowest BCUT2D eigenvalue weighted by Gasteiger charge is -2.26. The van der Waals surface area contributed by atoms with Crippen molar-refractivity contribution in [2.24, 2.45) is 0 Å². The van der Waals surface area contributed by atoms with Gasteiger partial charge in [0.2, 0.25) is 0 Å². The first kappa shape index (κ1) is 16.2. The minimum atomic E-state index is 0.684. The molecule has 0 aromatic carbocycles. The largest absolute Gasteiger partial charge is 0.355 e. The highest BCUT2D eigenvalue weighted by Gasteiger charge is 2.26. The van der Waals surface area contributed by atoms with E-state index in [1.165, 1.54) is 12.0 Å². The third kappa shape index (κ3) is 3.95. The summed E-state index contributed by atoms with van der Waals surface area (Å²) in [6.07, 6.45) is 1.25. The van der Waals surface area contributed by atoms with Crippen molar-refractivity contribution in [3.63, 3.8) is 0 Å². The lowest BCUT2D eigenvalue weighted by atomic mass is 10.2. The summed E-state index contributed by atoms with van der Waals surface area (Å²) in [5, 5.41) is 3.37. The second-order valence-electron chi connectivity index (χ2n) is 5.80. The number of hydrogen-bond donors (Lipinski definition) is 1. The average Bonchev–Trinajstić information content (AvgIpc) is 2.97. The molecule has 1 saturated heterocycles. The summed E-state index contributed by atoms with van der Waals surface area (Å²) in [5.74, 6) is 1.14. The van der Waals surface area contributed by atoms with E-state index in [0.29, 0.717) is 6.04 Å². The van der Waals surface area contributed by atoms with E-state index < -0.39 is 0 Å². The third-order valence-electron chi connectivity index (χ3n) is 4.56. The van der Waals surface area contributed by atoms with Crippen molar-refractivity contribution < 1.29 is 0 Å². The molecular formula is C17H30N4. The summed E-state index contributed by atoms with van der Waals surface area (Å²) >= 11 is 0. The van der Waals surface area contributed by atoms with Crippen molar-refractivity contribution >= 4 is 5.82 Å². The molecule has 0 amide bonds. The number of pyridine rings is 1. The summed E-state index contributed by atoms with van der Waals surface area (Å²) < 4.78 is 0. The van der Waals surface area contributed by atoms with Gasteiger partial charge in [0, 0.05) is 31.4 Å². The van der Waals surface area contributed by atoms with Crippen LogP contribution in [0.5, 0.6) is 0 Å². The molecule has 1 aliphatic rings. The van der Waals surface area contributed by atoms with Gasteiger partial charge in [-0.1, -0.05) is 26.8 Å². The molecule has 1 atom stereocenters. The molecule has 0 aliphatic carbocycles. The van der Waals surface area contributed by atoms with Gasteiger partial charge in [0.05, 0.1) is 0 Å². The number of hydrogen-bond acceptors (Lipinski definition) is 4. The predicted octanol–water partition coefficient (Wildman–Crippen LogP) is 2.42.